The molecule has 2 aromatic heterocycles. The summed E-state index contributed by atoms with van der Waals surface area (Å²) in [4.78, 5) is 43.7. The molecule has 6 aromatic rings. The molecule has 2 saturated carbocycles. The monoisotopic (exact) mass is 1190 g/mol. The Hall–Kier alpha value is -7.11. The van der Waals surface area contributed by atoms with Crippen molar-refractivity contribution in [2.75, 3.05) is 74.2 Å². The van der Waals surface area contributed by atoms with Crippen molar-refractivity contribution in [1.29, 1.82) is 0 Å². The third-order valence-electron chi connectivity index (χ3n) is 19.1. The highest BCUT2D eigenvalue weighted by atomic mass is 32.2. The van der Waals surface area contributed by atoms with Crippen LogP contribution in [0, 0.1) is 33.1 Å². The third-order valence-corrected chi connectivity index (χ3v) is 20.4. The van der Waals surface area contributed by atoms with Crippen LogP contribution in [0.2, 0.25) is 0 Å². The molecule has 7 heterocycles. The molecule has 4 aromatic carbocycles. The lowest BCUT2D eigenvalue weighted by Gasteiger charge is -2.59. The van der Waals surface area contributed by atoms with E-state index in [1.165, 1.54) is 18.2 Å². The van der Waals surface area contributed by atoms with E-state index in [-0.39, 0.29) is 59.2 Å². The van der Waals surface area contributed by atoms with Gasteiger partial charge in [-0.15, -0.1) is 0 Å². The Morgan fingerprint density at radius 2 is 1.72 bits per heavy atom. The molecule has 0 unspecified atom stereocenters. The fourth-order valence-corrected chi connectivity index (χ4v) is 15.6. The van der Waals surface area contributed by atoms with E-state index in [9.17, 15) is 32.8 Å². The zero-order valence-corrected chi connectivity index (χ0v) is 48.9. The number of sulfonamides is 1. The molecule has 1 spiro atoms. The molecular weight excluding hydrogens is 1110 g/mol. The second-order valence-electron chi connectivity index (χ2n) is 25.0. The summed E-state index contributed by atoms with van der Waals surface area (Å²) < 4.78 is 85.5. The number of benzene rings is 4. The van der Waals surface area contributed by atoms with Crippen LogP contribution in [0.5, 0.6) is 17.4 Å². The van der Waals surface area contributed by atoms with Gasteiger partial charge in [0, 0.05) is 105 Å². The second-order valence-corrected chi connectivity index (χ2v) is 26.7. The summed E-state index contributed by atoms with van der Waals surface area (Å²) in [5.41, 5.74) is 3.33. The first-order chi connectivity index (χ1) is 40.9. The molecule has 4 atom stereocenters. The van der Waals surface area contributed by atoms with Crippen LogP contribution in [0.1, 0.15) is 119 Å². The van der Waals surface area contributed by atoms with Crippen LogP contribution in [0.15, 0.2) is 96.0 Å². The van der Waals surface area contributed by atoms with E-state index in [1.54, 1.807) is 12.3 Å². The first-order valence-electron chi connectivity index (χ1n) is 30.0. The highest BCUT2D eigenvalue weighted by Crippen LogP contribution is 2.55. The van der Waals surface area contributed by atoms with E-state index in [2.05, 4.69) is 46.8 Å². The summed E-state index contributed by atoms with van der Waals surface area (Å²) in [6.45, 7) is 10.9. The maximum absolute atomic E-state index is 15.1. The van der Waals surface area contributed by atoms with Gasteiger partial charge in [0.05, 0.1) is 58.1 Å². The molecule has 19 nitrogen and oxygen atoms in total. The lowest BCUT2D eigenvalue weighted by atomic mass is 9.59. The van der Waals surface area contributed by atoms with Crippen molar-refractivity contribution in [1.82, 2.24) is 24.5 Å². The average molecular weight is 1190 g/mol. The van der Waals surface area contributed by atoms with E-state index in [4.69, 9.17) is 23.9 Å². The number of amides is 1. The number of fused-ring (bicyclic) bond motifs is 4. The number of nitrogens with one attached hydrogen (secondary N) is 3. The van der Waals surface area contributed by atoms with Gasteiger partial charge in [-0.2, -0.15) is 4.98 Å². The zero-order valence-electron chi connectivity index (χ0n) is 48.1. The SMILES string of the molecule is CC(C)Oc1ccccc1[C@H]1CN([C@@H]2CCOc3c(F)cc(F)cc32)CCN1C1CC2(CCN(c3ccc(C(=O)NS(=O)(=O)c4ccc(NCC5CCC(C)(O)CC5)c([N+](=O)[O-])c4)c(N4c5cc6cc[nH]c6nc5O[C@H]5COCC[C@@H]54)c3)CC2)C1. The molecule has 2 aliphatic carbocycles. The number of hydrogen-bond acceptors (Lipinski definition) is 16. The number of aromatic amines is 1. The van der Waals surface area contributed by atoms with Crippen LogP contribution < -0.4 is 34.0 Å². The van der Waals surface area contributed by atoms with E-state index in [1.807, 2.05) is 57.2 Å². The highest BCUT2D eigenvalue weighted by molar-refractivity contribution is 7.90. The number of pyridine rings is 1. The maximum atomic E-state index is 15.1. The summed E-state index contributed by atoms with van der Waals surface area (Å²) in [6.07, 6.45) is 9.01. The van der Waals surface area contributed by atoms with Gasteiger partial charge in [-0.05, 0) is 144 Å². The minimum atomic E-state index is -4.67. The van der Waals surface area contributed by atoms with Crippen LogP contribution in [-0.4, -0.2) is 133 Å². The lowest BCUT2D eigenvalue weighted by Crippen LogP contribution is -2.60. The smallest absolute Gasteiger partial charge is 0.293 e. The number of piperidine rings is 1. The van der Waals surface area contributed by atoms with Crippen LogP contribution in [0.3, 0.4) is 0 Å². The van der Waals surface area contributed by atoms with Crippen molar-refractivity contribution in [2.24, 2.45) is 11.3 Å². The van der Waals surface area contributed by atoms with Gasteiger partial charge in [0.1, 0.15) is 34.7 Å². The molecule has 3 saturated heterocycles. The summed E-state index contributed by atoms with van der Waals surface area (Å²) in [5, 5.41) is 26.9. The third kappa shape index (κ3) is 11.2. The van der Waals surface area contributed by atoms with Crippen molar-refractivity contribution in [2.45, 2.75) is 132 Å². The zero-order chi connectivity index (χ0) is 58.9. The van der Waals surface area contributed by atoms with Crippen molar-refractivity contribution in [3.63, 3.8) is 0 Å². The van der Waals surface area contributed by atoms with Crippen molar-refractivity contribution < 1.29 is 51.0 Å². The number of para-hydroxylation sites is 1. The van der Waals surface area contributed by atoms with Crippen molar-refractivity contribution in [3.8, 4) is 17.4 Å². The number of H-pyrrole nitrogens is 1. The Bertz CT molecular complexity index is 3630. The molecule has 22 heteroatoms. The number of nitro groups is 1. The summed E-state index contributed by atoms with van der Waals surface area (Å²) in [5.74, 6) is -0.726. The number of aliphatic hydroxyl groups is 1. The van der Waals surface area contributed by atoms with E-state index >= 15 is 4.39 Å². The Morgan fingerprint density at radius 1 is 0.918 bits per heavy atom. The molecule has 5 fully saturated rings. The number of carbonyl (C=O) groups excluding carboxylic acids is 1. The molecule has 0 radical (unpaired) electrons. The number of nitrogens with zero attached hydrogens (tertiary/aromatic N) is 6. The number of hydrogen-bond donors (Lipinski definition) is 4. The number of ether oxygens (including phenoxy) is 4. The Morgan fingerprint density at radius 3 is 2.51 bits per heavy atom. The van der Waals surface area contributed by atoms with Crippen LogP contribution >= 0.6 is 0 Å². The number of halogens is 2. The number of anilines is 4. The highest BCUT2D eigenvalue weighted by Gasteiger charge is 2.51. The van der Waals surface area contributed by atoms with E-state index < -0.39 is 54.8 Å². The first kappa shape index (κ1) is 57.0. The Labute approximate surface area is 493 Å². The predicted octanol–water partition coefficient (Wildman–Crippen LogP) is 10.3. The second kappa shape index (κ2) is 22.6. The minimum Gasteiger partial charge on any atom is -0.491 e. The largest absolute Gasteiger partial charge is 0.491 e. The fourth-order valence-electron chi connectivity index (χ4n) is 14.6. The summed E-state index contributed by atoms with van der Waals surface area (Å²) in [6, 6.07) is 23.2. The van der Waals surface area contributed by atoms with Crippen LogP contribution in [0.25, 0.3) is 11.0 Å². The molecular formula is C63H73F2N9O10S. The van der Waals surface area contributed by atoms with Gasteiger partial charge in [-0.3, -0.25) is 24.7 Å². The fraction of sp³-hybridized carbons (Fsp3) is 0.492. The Balaban J connectivity index is 0.763. The van der Waals surface area contributed by atoms with Gasteiger partial charge >= 0.3 is 0 Å². The minimum absolute atomic E-state index is 0.0388. The van der Waals surface area contributed by atoms with Gasteiger partial charge in [0.15, 0.2) is 11.6 Å². The van der Waals surface area contributed by atoms with Gasteiger partial charge in [-0.1, -0.05) is 18.2 Å². The van der Waals surface area contributed by atoms with E-state index in [0.29, 0.717) is 86.5 Å². The normalized spacial score (nSPS) is 25.3. The molecule has 0 bridgehead atoms. The Kier molecular flexibility index (Phi) is 15.2. The van der Waals surface area contributed by atoms with Crippen molar-refractivity contribution >= 4 is 55.4 Å². The number of nitro benzene ring substituents is 1. The van der Waals surface area contributed by atoms with Crippen molar-refractivity contribution in [3.05, 3.63) is 130 Å². The summed E-state index contributed by atoms with van der Waals surface area (Å²) in [7, 11) is -4.67. The molecule has 13 rings (SSSR count). The van der Waals surface area contributed by atoms with E-state index in [0.717, 1.165) is 99.2 Å². The predicted molar refractivity (Wildman–Crippen MR) is 316 cm³/mol. The quantitative estimate of drug-likeness (QED) is 0.0589. The molecule has 85 heavy (non-hydrogen) atoms. The topological polar surface area (TPSA) is 217 Å². The summed E-state index contributed by atoms with van der Waals surface area (Å²) >= 11 is 0. The molecule has 5 aliphatic heterocycles. The lowest BCUT2D eigenvalue weighted by molar-refractivity contribution is -0.384. The van der Waals surface area contributed by atoms with Gasteiger partial charge in [0.2, 0.25) is 5.88 Å². The molecule has 4 N–H and O–H groups in total. The maximum Gasteiger partial charge on any atom is 0.293 e. The molecule has 7 aliphatic rings. The van der Waals surface area contributed by atoms with Gasteiger partial charge in [0.25, 0.3) is 21.6 Å². The van der Waals surface area contributed by atoms with Crippen LogP contribution in [-0.2, 0) is 14.8 Å². The van der Waals surface area contributed by atoms with Gasteiger partial charge < -0.3 is 44.2 Å². The number of carbonyl (C=O) groups is 1. The number of aromatic nitrogens is 2. The standard InChI is InChI=1S/C63H73F2N9O10S/c1-38(2)83-56-7-5-4-6-45(56)55-36-71(50-16-27-82-58-47(50)29-41(64)30-48(58)65)24-25-72(55)43-33-63(34-43)19-22-70(23-20-63)42-8-10-46(52(31-42)73-51-15-26-81-37-57(51)84-61-54(73)28-40-14-21-66-59(40)68-61)60(75)69-85(79,80)44-9-11-49(53(32-44)74(77)78)67-35-39-12-17-62(3,76)18-13-39/h4-11,14,21,28-32,38-39,43,50-51,55,57,67,76H,12-13,15-20,22-27,33-37H2,1-3H3,(H,66,68)(H,69,75)/t39?,50-,51+,55-,57+,62?/m1/s1. The van der Waals surface area contributed by atoms with Gasteiger partial charge in [-0.25, -0.2) is 21.9 Å². The molecule has 1 amide bonds. The average Bonchev–Trinajstić information content (AvgIpc) is 2.79. The molecule has 450 valence electrons. The first-order valence-corrected chi connectivity index (χ1v) is 31.5. The number of piperazine rings is 1. The van der Waals surface area contributed by atoms with Crippen LogP contribution in [0.4, 0.5) is 37.2 Å². The number of rotatable bonds is 14.